The molecular weight excluding hydrogens is 270 g/mol. The lowest BCUT2D eigenvalue weighted by Gasteiger charge is -2.10. The number of fused-ring (bicyclic) bond motifs is 1. The van der Waals surface area contributed by atoms with Crippen molar-refractivity contribution in [2.75, 3.05) is 13.2 Å². The summed E-state index contributed by atoms with van der Waals surface area (Å²) in [7, 11) is 0. The molecule has 0 atom stereocenters. The average molecular weight is 287 g/mol. The highest BCUT2D eigenvalue weighted by Crippen LogP contribution is 2.49. The van der Waals surface area contributed by atoms with Gasteiger partial charge in [0.15, 0.2) is 11.5 Å². The molecule has 0 bridgehead atoms. The molecule has 1 saturated carbocycles. The zero-order valence-corrected chi connectivity index (χ0v) is 11.9. The predicted molar refractivity (Wildman–Crippen MR) is 75.0 cm³/mol. The van der Waals surface area contributed by atoms with Crippen molar-refractivity contribution in [3.63, 3.8) is 0 Å². The molecule has 2 aliphatic rings. The van der Waals surface area contributed by atoms with Crippen LogP contribution in [0.4, 0.5) is 0 Å². The first-order valence-electron chi connectivity index (χ1n) is 7.12. The van der Waals surface area contributed by atoms with Crippen molar-refractivity contribution in [3.05, 3.63) is 23.6 Å². The number of rotatable bonds is 2. The van der Waals surface area contributed by atoms with Crippen LogP contribution >= 0.6 is 0 Å². The summed E-state index contributed by atoms with van der Waals surface area (Å²) in [6.07, 6.45) is 2.36. The lowest BCUT2D eigenvalue weighted by Crippen LogP contribution is -2.17. The van der Waals surface area contributed by atoms with Gasteiger partial charge in [0.2, 0.25) is 11.7 Å². The Balaban J connectivity index is 1.71. The second kappa shape index (κ2) is 4.46. The molecule has 1 aromatic carbocycles. The van der Waals surface area contributed by atoms with Crippen molar-refractivity contribution in [3.8, 4) is 22.9 Å². The van der Waals surface area contributed by atoms with E-state index in [9.17, 15) is 0 Å². The smallest absolute Gasteiger partial charge is 0.240 e. The fraction of sp³-hybridized carbons (Fsp3) is 0.467. The van der Waals surface area contributed by atoms with Gasteiger partial charge < -0.3 is 19.7 Å². The molecule has 1 aliphatic carbocycles. The van der Waals surface area contributed by atoms with Crippen LogP contribution < -0.4 is 15.2 Å². The summed E-state index contributed by atoms with van der Waals surface area (Å²) in [6.45, 7) is 3.68. The Kier molecular flexibility index (Phi) is 2.68. The molecule has 6 heteroatoms. The molecule has 0 saturated heterocycles. The largest absolute Gasteiger partial charge is 0.489 e. The highest BCUT2D eigenvalue weighted by Gasteiger charge is 2.46. The number of ether oxygens (including phenoxy) is 2. The van der Waals surface area contributed by atoms with E-state index in [0.29, 0.717) is 18.3 Å². The van der Waals surface area contributed by atoms with E-state index in [0.717, 1.165) is 29.2 Å². The highest BCUT2D eigenvalue weighted by molar-refractivity contribution is 5.65. The van der Waals surface area contributed by atoms with E-state index in [-0.39, 0.29) is 12.0 Å². The summed E-state index contributed by atoms with van der Waals surface area (Å²) in [5, 5.41) is 3.97. The van der Waals surface area contributed by atoms with Gasteiger partial charge in [0.05, 0.1) is 19.8 Å². The van der Waals surface area contributed by atoms with Crippen molar-refractivity contribution >= 4 is 0 Å². The van der Waals surface area contributed by atoms with E-state index in [1.165, 1.54) is 12.8 Å². The molecule has 1 aromatic heterocycles. The molecule has 110 valence electrons. The van der Waals surface area contributed by atoms with Crippen LogP contribution in [0, 0.1) is 12.3 Å². The first kappa shape index (κ1) is 12.6. The Labute approximate surface area is 122 Å². The molecule has 2 N–H and O–H groups in total. The van der Waals surface area contributed by atoms with Gasteiger partial charge in [-0.2, -0.15) is 4.98 Å². The van der Waals surface area contributed by atoms with Gasteiger partial charge in [-0.05, 0) is 37.5 Å². The maximum absolute atomic E-state index is 5.94. The summed E-state index contributed by atoms with van der Waals surface area (Å²) < 4.78 is 16.9. The van der Waals surface area contributed by atoms with Gasteiger partial charge in [-0.1, -0.05) is 5.16 Å². The van der Waals surface area contributed by atoms with Crippen LogP contribution in [0.5, 0.6) is 11.5 Å². The zero-order valence-electron chi connectivity index (χ0n) is 11.9. The van der Waals surface area contributed by atoms with Crippen LogP contribution in [0.2, 0.25) is 0 Å². The number of nitrogens with zero attached hydrogens (tertiary/aromatic N) is 2. The lowest BCUT2D eigenvalue weighted by atomic mass is 10.1. The van der Waals surface area contributed by atoms with Crippen molar-refractivity contribution < 1.29 is 14.0 Å². The molecule has 2 heterocycles. The van der Waals surface area contributed by atoms with E-state index in [2.05, 4.69) is 10.1 Å². The second-order valence-electron chi connectivity index (χ2n) is 5.91. The molecule has 0 unspecified atom stereocenters. The van der Waals surface area contributed by atoms with E-state index < -0.39 is 0 Å². The summed E-state index contributed by atoms with van der Waals surface area (Å²) in [5.74, 6) is 2.50. The van der Waals surface area contributed by atoms with E-state index in [1.54, 1.807) is 0 Å². The van der Waals surface area contributed by atoms with Crippen LogP contribution in [0.3, 0.4) is 0 Å². The minimum atomic E-state index is 0.228. The Bertz CT molecular complexity index is 691. The van der Waals surface area contributed by atoms with Gasteiger partial charge in [0.1, 0.15) is 0 Å². The third-order valence-corrected chi connectivity index (χ3v) is 4.20. The first-order valence-corrected chi connectivity index (χ1v) is 7.12. The van der Waals surface area contributed by atoms with Gasteiger partial charge in [-0.25, -0.2) is 0 Å². The molecule has 0 amide bonds. The van der Waals surface area contributed by atoms with Crippen LogP contribution in [-0.2, 0) is 6.54 Å². The second-order valence-corrected chi connectivity index (χ2v) is 5.91. The quantitative estimate of drug-likeness (QED) is 0.910. The average Bonchev–Trinajstić information content (AvgIpc) is 3.15. The Morgan fingerprint density at radius 3 is 2.52 bits per heavy atom. The standard InChI is InChI=1S/C15H17N3O3/c1-9-4-11-12(20-8-15(2-3-15)7-19-11)5-10(9)14-17-13(6-16)21-18-14/h4-5H,2-3,6-8,16H2,1H3. The van der Waals surface area contributed by atoms with Crippen molar-refractivity contribution in [2.45, 2.75) is 26.3 Å². The lowest BCUT2D eigenvalue weighted by molar-refractivity contribution is 0.197. The molecule has 0 radical (unpaired) electrons. The van der Waals surface area contributed by atoms with E-state index in [1.807, 2.05) is 19.1 Å². The summed E-state index contributed by atoms with van der Waals surface area (Å²) in [4.78, 5) is 4.27. The van der Waals surface area contributed by atoms with Crippen LogP contribution in [0.15, 0.2) is 16.7 Å². The van der Waals surface area contributed by atoms with Crippen molar-refractivity contribution in [1.29, 1.82) is 0 Å². The fourth-order valence-electron chi connectivity index (χ4n) is 2.54. The molecule has 2 aromatic rings. The third kappa shape index (κ3) is 2.15. The number of benzene rings is 1. The molecule has 1 aliphatic heterocycles. The van der Waals surface area contributed by atoms with E-state index in [4.69, 9.17) is 19.7 Å². The summed E-state index contributed by atoms with van der Waals surface area (Å²) in [5.41, 5.74) is 7.64. The maximum atomic E-state index is 5.94. The van der Waals surface area contributed by atoms with Gasteiger partial charge >= 0.3 is 0 Å². The van der Waals surface area contributed by atoms with Crippen molar-refractivity contribution in [2.24, 2.45) is 11.1 Å². The normalized spacial score (nSPS) is 18.6. The minimum absolute atomic E-state index is 0.228. The SMILES string of the molecule is Cc1cc2c(cc1-c1noc(CN)n1)OCC1(CC1)CO2. The number of aryl methyl sites for hydroxylation is 1. The number of hydrogen-bond acceptors (Lipinski definition) is 6. The topological polar surface area (TPSA) is 83.4 Å². The van der Waals surface area contributed by atoms with Crippen LogP contribution in [-0.4, -0.2) is 23.4 Å². The summed E-state index contributed by atoms with van der Waals surface area (Å²) >= 11 is 0. The Morgan fingerprint density at radius 1 is 1.19 bits per heavy atom. The van der Waals surface area contributed by atoms with Gasteiger partial charge in [-0.15, -0.1) is 0 Å². The third-order valence-electron chi connectivity index (χ3n) is 4.20. The summed E-state index contributed by atoms with van der Waals surface area (Å²) in [6, 6.07) is 3.90. The maximum Gasteiger partial charge on any atom is 0.240 e. The molecular formula is C15H17N3O3. The Morgan fingerprint density at radius 2 is 1.90 bits per heavy atom. The number of aromatic nitrogens is 2. The molecule has 1 fully saturated rings. The zero-order chi connectivity index (χ0) is 14.4. The predicted octanol–water partition coefficient (Wildman–Crippen LogP) is 2.06. The first-order chi connectivity index (χ1) is 10.2. The molecule has 6 nitrogen and oxygen atoms in total. The van der Waals surface area contributed by atoms with Crippen LogP contribution in [0.25, 0.3) is 11.4 Å². The van der Waals surface area contributed by atoms with Gasteiger partial charge in [0.25, 0.3) is 0 Å². The van der Waals surface area contributed by atoms with Gasteiger partial charge in [-0.3, -0.25) is 0 Å². The Hall–Kier alpha value is -2.08. The minimum Gasteiger partial charge on any atom is -0.489 e. The molecule has 21 heavy (non-hydrogen) atoms. The number of hydrogen-bond donors (Lipinski definition) is 1. The van der Waals surface area contributed by atoms with Crippen molar-refractivity contribution in [1.82, 2.24) is 10.1 Å². The van der Waals surface area contributed by atoms with E-state index >= 15 is 0 Å². The number of nitrogens with two attached hydrogens (primary N) is 1. The monoisotopic (exact) mass is 287 g/mol. The molecule has 1 spiro atoms. The van der Waals surface area contributed by atoms with Crippen LogP contribution in [0.1, 0.15) is 24.3 Å². The van der Waals surface area contributed by atoms with Gasteiger partial charge in [0, 0.05) is 11.0 Å². The molecule has 4 rings (SSSR count). The highest BCUT2D eigenvalue weighted by atomic mass is 16.5. The fourth-order valence-corrected chi connectivity index (χ4v) is 2.54.